The van der Waals surface area contributed by atoms with Crippen molar-refractivity contribution in [2.45, 2.75) is 26.7 Å². The standard InChI is InChI=1S/C9H15NO2/c1-3-5-8(2)9(11)10-6-4-7-12-10/h5H,3-4,6-7H2,1-2H3/b8-5-. The molecule has 1 fully saturated rings. The van der Waals surface area contributed by atoms with Crippen molar-refractivity contribution in [2.24, 2.45) is 0 Å². The van der Waals surface area contributed by atoms with Crippen LogP contribution in [-0.2, 0) is 9.63 Å². The van der Waals surface area contributed by atoms with Crippen molar-refractivity contribution in [3.05, 3.63) is 11.6 Å². The van der Waals surface area contributed by atoms with Crippen LogP contribution in [0.15, 0.2) is 11.6 Å². The van der Waals surface area contributed by atoms with Crippen molar-refractivity contribution in [3.63, 3.8) is 0 Å². The van der Waals surface area contributed by atoms with Gasteiger partial charge < -0.3 is 0 Å². The molecule has 0 aromatic carbocycles. The molecule has 0 radical (unpaired) electrons. The zero-order valence-electron chi connectivity index (χ0n) is 7.67. The third-order valence-electron chi connectivity index (χ3n) is 1.83. The summed E-state index contributed by atoms with van der Waals surface area (Å²) < 4.78 is 0. The number of hydrogen-bond donors (Lipinski definition) is 0. The minimum atomic E-state index is 0.00866. The molecule has 0 unspecified atom stereocenters. The van der Waals surface area contributed by atoms with E-state index in [0.717, 1.165) is 25.0 Å². The number of allylic oxidation sites excluding steroid dienone is 1. The first-order chi connectivity index (χ1) is 5.75. The highest BCUT2D eigenvalue weighted by molar-refractivity contribution is 5.92. The van der Waals surface area contributed by atoms with Crippen LogP contribution in [0.1, 0.15) is 26.7 Å². The summed E-state index contributed by atoms with van der Waals surface area (Å²) in [4.78, 5) is 16.6. The second-order valence-corrected chi connectivity index (χ2v) is 2.89. The highest BCUT2D eigenvalue weighted by Gasteiger charge is 2.19. The minimum absolute atomic E-state index is 0.00866. The first-order valence-electron chi connectivity index (χ1n) is 4.37. The Labute approximate surface area is 73.0 Å². The van der Waals surface area contributed by atoms with Gasteiger partial charge in [0.05, 0.1) is 13.2 Å². The number of hydrogen-bond acceptors (Lipinski definition) is 2. The zero-order valence-corrected chi connectivity index (χ0v) is 7.67. The molecule has 0 aliphatic carbocycles. The second-order valence-electron chi connectivity index (χ2n) is 2.89. The Morgan fingerprint density at radius 2 is 2.42 bits per heavy atom. The summed E-state index contributed by atoms with van der Waals surface area (Å²) in [6.07, 6.45) is 3.76. The molecular weight excluding hydrogens is 154 g/mol. The molecular formula is C9H15NO2. The van der Waals surface area contributed by atoms with Crippen molar-refractivity contribution in [1.82, 2.24) is 5.06 Å². The fraction of sp³-hybridized carbons (Fsp3) is 0.667. The third kappa shape index (κ3) is 2.08. The van der Waals surface area contributed by atoms with Gasteiger partial charge in [-0.2, -0.15) is 0 Å². The lowest BCUT2D eigenvalue weighted by atomic mass is 10.2. The normalized spacial score (nSPS) is 18.5. The SMILES string of the molecule is CC/C=C(/C)C(=O)N1CCCO1. The van der Waals surface area contributed by atoms with E-state index in [2.05, 4.69) is 0 Å². The van der Waals surface area contributed by atoms with Gasteiger partial charge in [0.25, 0.3) is 5.91 Å². The van der Waals surface area contributed by atoms with Gasteiger partial charge >= 0.3 is 0 Å². The van der Waals surface area contributed by atoms with Gasteiger partial charge in [0.2, 0.25) is 0 Å². The van der Waals surface area contributed by atoms with Gasteiger partial charge in [-0.15, -0.1) is 0 Å². The van der Waals surface area contributed by atoms with Crippen LogP contribution in [0.25, 0.3) is 0 Å². The van der Waals surface area contributed by atoms with Gasteiger partial charge in [-0.1, -0.05) is 13.0 Å². The largest absolute Gasteiger partial charge is 0.272 e. The Hall–Kier alpha value is -0.830. The van der Waals surface area contributed by atoms with Crippen molar-refractivity contribution < 1.29 is 9.63 Å². The lowest BCUT2D eigenvalue weighted by Gasteiger charge is -2.13. The van der Waals surface area contributed by atoms with E-state index in [9.17, 15) is 4.79 Å². The molecule has 1 rings (SSSR count). The lowest BCUT2D eigenvalue weighted by Crippen LogP contribution is -2.27. The quantitative estimate of drug-likeness (QED) is 0.586. The maximum atomic E-state index is 11.5. The minimum Gasteiger partial charge on any atom is -0.271 e. The van der Waals surface area contributed by atoms with Crippen molar-refractivity contribution in [2.75, 3.05) is 13.2 Å². The molecule has 1 aliphatic heterocycles. The van der Waals surface area contributed by atoms with Crippen LogP contribution in [0, 0.1) is 0 Å². The van der Waals surface area contributed by atoms with Crippen molar-refractivity contribution >= 4 is 5.91 Å². The number of hydroxylamine groups is 2. The number of carbonyl (C=O) groups is 1. The maximum absolute atomic E-state index is 11.5. The van der Waals surface area contributed by atoms with Gasteiger partial charge in [0, 0.05) is 5.57 Å². The van der Waals surface area contributed by atoms with Crippen LogP contribution in [0.3, 0.4) is 0 Å². The summed E-state index contributed by atoms with van der Waals surface area (Å²) in [5, 5.41) is 1.45. The third-order valence-corrected chi connectivity index (χ3v) is 1.83. The average Bonchev–Trinajstić information content (AvgIpc) is 2.55. The predicted molar refractivity (Wildman–Crippen MR) is 46.3 cm³/mol. The second kappa shape index (κ2) is 4.26. The van der Waals surface area contributed by atoms with Crippen LogP contribution < -0.4 is 0 Å². The van der Waals surface area contributed by atoms with Gasteiger partial charge in [0.15, 0.2) is 0 Å². The molecule has 3 nitrogen and oxygen atoms in total. The average molecular weight is 169 g/mol. The molecule has 12 heavy (non-hydrogen) atoms. The van der Waals surface area contributed by atoms with Crippen LogP contribution in [-0.4, -0.2) is 24.1 Å². The highest BCUT2D eigenvalue weighted by atomic mass is 16.7. The van der Waals surface area contributed by atoms with E-state index in [4.69, 9.17) is 4.84 Å². The molecule has 68 valence electrons. The maximum Gasteiger partial charge on any atom is 0.272 e. The zero-order chi connectivity index (χ0) is 8.97. The van der Waals surface area contributed by atoms with Gasteiger partial charge in [-0.3, -0.25) is 9.63 Å². The van der Waals surface area contributed by atoms with E-state index >= 15 is 0 Å². The van der Waals surface area contributed by atoms with Crippen LogP contribution in [0.5, 0.6) is 0 Å². The smallest absolute Gasteiger partial charge is 0.271 e. The molecule has 0 spiro atoms. The fourth-order valence-electron chi connectivity index (χ4n) is 1.20. The van der Waals surface area contributed by atoms with Crippen LogP contribution in [0.4, 0.5) is 0 Å². The summed E-state index contributed by atoms with van der Waals surface area (Å²) in [5.41, 5.74) is 0.777. The van der Waals surface area contributed by atoms with Crippen molar-refractivity contribution in [3.8, 4) is 0 Å². The molecule has 0 N–H and O–H groups in total. The Morgan fingerprint density at radius 3 is 2.92 bits per heavy atom. The van der Waals surface area contributed by atoms with E-state index in [-0.39, 0.29) is 5.91 Å². The summed E-state index contributed by atoms with van der Waals surface area (Å²) in [5.74, 6) is 0.00866. The molecule has 1 aliphatic rings. The van der Waals surface area contributed by atoms with Crippen LogP contribution in [0.2, 0.25) is 0 Å². The number of rotatable bonds is 2. The molecule has 3 heteroatoms. The lowest BCUT2D eigenvalue weighted by molar-refractivity contribution is -0.163. The molecule has 0 atom stereocenters. The fourth-order valence-corrected chi connectivity index (χ4v) is 1.20. The van der Waals surface area contributed by atoms with Crippen LogP contribution >= 0.6 is 0 Å². The molecule has 0 saturated carbocycles. The van der Waals surface area contributed by atoms with Gasteiger partial charge in [0.1, 0.15) is 0 Å². The van der Waals surface area contributed by atoms with E-state index in [1.807, 2.05) is 19.9 Å². The first kappa shape index (κ1) is 9.26. The summed E-state index contributed by atoms with van der Waals surface area (Å²) >= 11 is 0. The van der Waals surface area contributed by atoms with E-state index < -0.39 is 0 Å². The molecule has 1 saturated heterocycles. The Balaban J connectivity index is 2.51. The first-order valence-corrected chi connectivity index (χ1v) is 4.37. The molecule has 0 aromatic rings. The number of carbonyl (C=O) groups excluding carboxylic acids is 1. The van der Waals surface area contributed by atoms with E-state index in [1.54, 1.807) is 0 Å². The van der Waals surface area contributed by atoms with E-state index in [1.165, 1.54) is 5.06 Å². The van der Waals surface area contributed by atoms with Gasteiger partial charge in [-0.25, -0.2) is 5.06 Å². The molecule has 1 heterocycles. The highest BCUT2D eigenvalue weighted by Crippen LogP contribution is 2.09. The Bertz CT molecular complexity index is 193. The summed E-state index contributed by atoms with van der Waals surface area (Å²) in [6.45, 7) is 5.24. The van der Waals surface area contributed by atoms with E-state index in [0.29, 0.717) is 6.61 Å². The monoisotopic (exact) mass is 169 g/mol. The summed E-state index contributed by atoms with van der Waals surface area (Å²) in [6, 6.07) is 0. The molecule has 0 bridgehead atoms. The number of nitrogens with zero attached hydrogens (tertiary/aromatic N) is 1. The molecule has 1 amide bonds. The predicted octanol–water partition coefficient (Wildman–Crippen LogP) is 1.51. The topological polar surface area (TPSA) is 29.5 Å². The Kier molecular flexibility index (Phi) is 3.29. The Morgan fingerprint density at radius 1 is 1.67 bits per heavy atom. The van der Waals surface area contributed by atoms with Gasteiger partial charge in [-0.05, 0) is 19.8 Å². The number of amides is 1. The molecule has 0 aromatic heterocycles. The summed E-state index contributed by atoms with van der Waals surface area (Å²) in [7, 11) is 0. The van der Waals surface area contributed by atoms with Crippen molar-refractivity contribution in [1.29, 1.82) is 0 Å².